The highest BCUT2D eigenvalue weighted by molar-refractivity contribution is 5.82. The molecule has 0 bridgehead atoms. The second-order valence-corrected chi connectivity index (χ2v) is 6.65. The number of rotatable bonds is 7. The molecule has 0 radical (unpaired) electrons. The van der Waals surface area contributed by atoms with Crippen LogP contribution in [0.25, 0.3) is 0 Å². The van der Waals surface area contributed by atoms with Crippen molar-refractivity contribution < 1.29 is 9.59 Å². The summed E-state index contributed by atoms with van der Waals surface area (Å²) in [6, 6.07) is 9.84. The molecule has 0 aromatic heterocycles. The molecule has 2 amide bonds. The van der Waals surface area contributed by atoms with E-state index >= 15 is 0 Å². The number of benzene rings is 1. The first-order valence-electron chi connectivity index (χ1n) is 8.84. The quantitative estimate of drug-likeness (QED) is 0.827. The molecule has 0 saturated carbocycles. The van der Waals surface area contributed by atoms with Gasteiger partial charge in [0.25, 0.3) is 0 Å². The number of likely N-dealkylation sites (tertiary alicyclic amines) is 1. The minimum Gasteiger partial charge on any atom is -0.353 e. The fraction of sp³-hybridized carbons (Fsp3) is 0.579. The van der Waals surface area contributed by atoms with Crippen molar-refractivity contribution in [3.8, 4) is 0 Å². The Bertz CT molecular complexity index is 531. The molecule has 1 saturated heterocycles. The normalized spacial score (nSPS) is 16.8. The van der Waals surface area contributed by atoms with Crippen LogP contribution in [0, 0.1) is 0 Å². The second kappa shape index (κ2) is 9.42. The van der Waals surface area contributed by atoms with Crippen molar-refractivity contribution in [2.24, 2.45) is 0 Å². The van der Waals surface area contributed by atoms with E-state index in [1.165, 1.54) is 0 Å². The maximum absolute atomic E-state index is 12.5. The molecule has 1 aliphatic heterocycles. The SMILES string of the molecule is CN(C)C(Cc1ccccc1)C(=O)NCCN1CCCCCC1=O. The van der Waals surface area contributed by atoms with E-state index in [0.29, 0.717) is 25.9 Å². The predicted molar refractivity (Wildman–Crippen MR) is 95.7 cm³/mol. The maximum Gasteiger partial charge on any atom is 0.237 e. The summed E-state index contributed by atoms with van der Waals surface area (Å²) in [6.45, 7) is 1.94. The van der Waals surface area contributed by atoms with E-state index in [1.54, 1.807) is 0 Å². The van der Waals surface area contributed by atoms with Crippen molar-refractivity contribution >= 4 is 11.8 Å². The lowest BCUT2D eigenvalue weighted by atomic mass is 10.0. The zero-order valence-corrected chi connectivity index (χ0v) is 14.8. The number of nitrogens with zero attached hydrogens (tertiary/aromatic N) is 2. The Labute approximate surface area is 145 Å². The van der Waals surface area contributed by atoms with Gasteiger partial charge in [0.15, 0.2) is 0 Å². The van der Waals surface area contributed by atoms with Crippen molar-refractivity contribution in [2.45, 2.75) is 38.1 Å². The Morgan fingerprint density at radius 2 is 1.96 bits per heavy atom. The Kier molecular flexibility index (Phi) is 7.25. The van der Waals surface area contributed by atoms with E-state index in [-0.39, 0.29) is 17.9 Å². The van der Waals surface area contributed by atoms with Crippen LogP contribution in [0.2, 0.25) is 0 Å². The summed E-state index contributed by atoms with van der Waals surface area (Å²) >= 11 is 0. The summed E-state index contributed by atoms with van der Waals surface area (Å²) < 4.78 is 0. The predicted octanol–water partition coefficient (Wildman–Crippen LogP) is 1.68. The zero-order chi connectivity index (χ0) is 17.4. The van der Waals surface area contributed by atoms with Crippen molar-refractivity contribution in [3.05, 3.63) is 35.9 Å². The summed E-state index contributed by atoms with van der Waals surface area (Å²) in [5.41, 5.74) is 1.15. The van der Waals surface area contributed by atoms with Gasteiger partial charge in [-0.2, -0.15) is 0 Å². The van der Waals surface area contributed by atoms with Gasteiger partial charge in [-0.15, -0.1) is 0 Å². The van der Waals surface area contributed by atoms with Gasteiger partial charge in [-0.25, -0.2) is 0 Å². The molecule has 24 heavy (non-hydrogen) atoms. The molecule has 1 fully saturated rings. The summed E-state index contributed by atoms with van der Waals surface area (Å²) in [5.74, 6) is 0.237. The van der Waals surface area contributed by atoms with Gasteiger partial charge in [0.05, 0.1) is 6.04 Å². The maximum atomic E-state index is 12.5. The average molecular weight is 331 g/mol. The number of likely N-dealkylation sites (N-methyl/N-ethyl adjacent to an activating group) is 1. The molecular weight excluding hydrogens is 302 g/mol. The topological polar surface area (TPSA) is 52.7 Å². The molecule has 1 aromatic carbocycles. The molecule has 1 atom stereocenters. The first-order chi connectivity index (χ1) is 11.6. The van der Waals surface area contributed by atoms with Crippen LogP contribution in [-0.2, 0) is 16.0 Å². The van der Waals surface area contributed by atoms with E-state index in [9.17, 15) is 9.59 Å². The van der Waals surface area contributed by atoms with E-state index in [0.717, 1.165) is 31.4 Å². The Balaban J connectivity index is 1.83. The highest BCUT2D eigenvalue weighted by Gasteiger charge is 2.22. The summed E-state index contributed by atoms with van der Waals surface area (Å²) in [4.78, 5) is 28.3. The van der Waals surface area contributed by atoms with Gasteiger partial charge in [-0.3, -0.25) is 14.5 Å². The number of hydrogen-bond donors (Lipinski definition) is 1. The highest BCUT2D eigenvalue weighted by Crippen LogP contribution is 2.10. The lowest BCUT2D eigenvalue weighted by Gasteiger charge is -2.25. The molecule has 0 spiro atoms. The number of nitrogens with one attached hydrogen (secondary N) is 1. The molecule has 1 N–H and O–H groups in total. The van der Waals surface area contributed by atoms with E-state index in [1.807, 2.05) is 54.2 Å². The van der Waals surface area contributed by atoms with E-state index in [2.05, 4.69) is 5.32 Å². The third kappa shape index (κ3) is 5.64. The molecule has 2 rings (SSSR count). The van der Waals surface area contributed by atoms with Gasteiger partial charge >= 0.3 is 0 Å². The monoisotopic (exact) mass is 331 g/mol. The molecule has 132 valence electrons. The minimum absolute atomic E-state index is 0.0196. The standard InChI is InChI=1S/C19H29N3O2/c1-21(2)17(15-16-9-5-3-6-10-16)19(24)20-12-14-22-13-8-4-7-11-18(22)23/h3,5-6,9-10,17H,4,7-8,11-15H2,1-2H3,(H,20,24). The van der Waals surface area contributed by atoms with Crippen LogP contribution in [0.15, 0.2) is 30.3 Å². The third-order valence-corrected chi connectivity index (χ3v) is 4.55. The van der Waals surface area contributed by atoms with E-state index in [4.69, 9.17) is 0 Å². The van der Waals surface area contributed by atoms with Crippen molar-refractivity contribution in [3.63, 3.8) is 0 Å². The Morgan fingerprint density at radius 3 is 2.67 bits per heavy atom. The van der Waals surface area contributed by atoms with Crippen LogP contribution >= 0.6 is 0 Å². The summed E-state index contributed by atoms with van der Waals surface area (Å²) in [6.07, 6.45) is 4.49. The number of hydrogen-bond acceptors (Lipinski definition) is 3. The molecule has 5 nitrogen and oxygen atoms in total. The second-order valence-electron chi connectivity index (χ2n) is 6.65. The first-order valence-corrected chi connectivity index (χ1v) is 8.84. The van der Waals surface area contributed by atoms with Crippen LogP contribution in [0.4, 0.5) is 0 Å². The largest absolute Gasteiger partial charge is 0.353 e. The number of carbonyl (C=O) groups excluding carboxylic acids is 2. The zero-order valence-electron chi connectivity index (χ0n) is 14.8. The van der Waals surface area contributed by atoms with Gasteiger partial charge in [-0.05, 0) is 38.9 Å². The van der Waals surface area contributed by atoms with Gasteiger partial charge < -0.3 is 10.2 Å². The van der Waals surface area contributed by atoms with Gasteiger partial charge in [0.1, 0.15) is 0 Å². The van der Waals surface area contributed by atoms with Crippen LogP contribution in [0.1, 0.15) is 31.2 Å². The lowest BCUT2D eigenvalue weighted by Crippen LogP contribution is -2.47. The number of amides is 2. The molecule has 0 aliphatic carbocycles. The molecular formula is C19H29N3O2. The average Bonchev–Trinajstić information content (AvgIpc) is 2.78. The van der Waals surface area contributed by atoms with Crippen LogP contribution in [-0.4, -0.2) is 61.4 Å². The summed E-state index contributed by atoms with van der Waals surface area (Å²) in [5, 5.41) is 3.00. The van der Waals surface area contributed by atoms with Crippen molar-refractivity contribution in [1.29, 1.82) is 0 Å². The minimum atomic E-state index is -0.202. The van der Waals surface area contributed by atoms with Gasteiger partial charge in [-0.1, -0.05) is 36.8 Å². The fourth-order valence-electron chi connectivity index (χ4n) is 3.05. The highest BCUT2D eigenvalue weighted by atomic mass is 16.2. The summed E-state index contributed by atoms with van der Waals surface area (Å²) in [7, 11) is 3.84. The van der Waals surface area contributed by atoms with Crippen LogP contribution < -0.4 is 5.32 Å². The lowest BCUT2D eigenvalue weighted by molar-refractivity contribution is -0.131. The Morgan fingerprint density at radius 1 is 1.21 bits per heavy atom. The fourth-order valence-corrected chi connectivity index (χ4v) is 3.05. The molecule has 1 unspecified atom stereocenters. The molecule has 1 aliphatic rings. The van der Waals surface area contributed by atoms with Crippen LogP contribution in [0.3, 0.4) is 0 Å². The van der Waals surface area contributed by atoms with Gasteiger partial charge in [0.2, 0.25) is 11.8 Å². The smallest absolute Gasteiger partial charge is 0.237 e. The first kappa shape index (κ1) is 18.5. The molecule has 1 heterocycles. The Hall–Kier alpha value is -1.88. The van der Waals surface area contributed by atoms with E-state index < -0.39 is 0 Å². The molecule has 5 heteroatoms. The van der Waals surface area contributed by atoms with Crippen LogP contribution in [0.5, 0.6) is 0 Å². The third-order valence-electron chi connectivity index (χ3n) is 4.55. The van der Waals surface area contributed by atoms with Crippen molar-refractivity contribution in [2.75, 3.05) is 33.7 Å². The van der Waals surface area contributed by atoms with Crippen molar-refractivity contribution in [1.82, 2.24) is 15.1 Å². The molecule has 1 aromatic rings. The number of carbonyl (C=O) groups is 2. The van der Waals surface area contributed by atoms with Gasteiger partial charge in [0, 0.05) is 26.1 Å².